The highest BCUT2D eigenvalue weighted by Crippen LogP contribution is 2.63. The van der Waals surface area contributed by atoms with Crippen molar-refractivity contribution >= 4 is 32.3 Å². The van der Waals surface area contributed by atoms with E-state index in [0.717, 1.165) is 22.3 Å². The quantitative estimate of drug-likeness (QED) is 0.166. The lowest BCUT2D eigenvalue weighted by molar-refractivity contribution is 0.777. The zero-order chi connectivity index (χ0) is 42.6. The molecule has 3 nitrogen and oxygen atoms in total. The van der Waals surface area contributed by atoms with Gasteiger partial charge in [-0.05, 0) is 111 Å². The van der Waals surface area contributed by atoms with E-state index in [4.69, 9.17) is 15.0 Å². The van der Waals surface area contributed by atoms with E-state index in [1.807, 2.05) is 24.3 Å². The van der Waals surface area contributed by atoms with Gasteiger partial charge < -0.3 is 0 Å². The number of hydrogen-bond acceptors (Lipinski definition) is 3. The fourth-order valence-electron chi connectivity index (χ4n) is 11.3. The Hall–Kier alpha value is -8.53. The van der Waals surface area contributed by atoms with E-state index in [-0.39, 0.29) is 0 Å². The van der Waals surface area contributed by atoms with Crippen molar-refractivity contribution in [1.82, 2.24) is 15.0 Å². The van der Waals surface area contributed by atoms with Crippen molar-refractivity contribution in [2.75, 3.05) is 0 Å². The number of rotatable bonds is 4. The fourth-order valence-corrected chi connectivity index (χ4v) is 11.3. The Balaban J connectivity index is 1.07. The fraction of sp³-hybridized carbons (Fsp3) is 0.0161. The number of fused-ring (bicyclic) bond motifs is 13. The van der Waals surface area contributed by atoms with E-state index < -0.39 is 5.41 Å². The van der Waals surface area contributed by atoms with Crippen LogP contribution in [-0.2, 0) is 5.41 Å². The Kier molecular flexibility index (Phi) is 7.61. The van der Waals surface area contributed by atoms with Crippen molar-refractivity contribution in [3.8, 4) is 78.7 Å². The van der Waals surface area contributed by atoms with Crippen LogP contribution in [0, 0.1) is 0 Å². The summed E-state index contributed by atoms with van der Waals surface area (Å²) in [6, 6.07) is 81.9. The number of benzene rings is 11. The normalized spacial score (nSPS) is 14.5. The van der Waals surface area contributed by atoms with Crippen LogP contribution in [0.5, 0.6) is 0 Å². The van der Waals surface area contributed by atoms with Gasteiger partial charge in [-0.2, -0.15) is 0 Å². The minimum Gasteiger partial charge on any atom is -0.208 e. The molecule has 0 N–H and O–H groups in total. The first kappa shape index (κ1) is 36.0. The van der Waals surface area contributed by atoms with E-state index in [9.17, 15) is 0 Å². The average molecular weight is 824 g/mol. The van der Waals surface area contributed by atoms with Crippen LogP contribution in [0.3, 0.4) is 0 Å². The third kappa shape index (κ3) is 5.15. The lowest BCUT2D eigenvalue weighted by Crippen LogP contribution is -2.29. The molecule has 3 heteroatoms. The van der Waals surface area contributed by atoms with Gasteiger partial charge in [0, 0.05) is 16.7 Å². The zero-order valence-electron chi connectivity index (χ0n) is 35.2. The second kappa shape index (κ2) is 13.7. The topological polar surface area (TPSA) is 38.7 Å². The summed E-state index contributed by atoms with van der Waals surface area (Å²) in [6.45, 7) is 0. The van der Waals surface area contributed by atoms with Gasteiger partial charge >= 0.3 is 0 Å². The molecule has 2 aliphatic rings. The van der Waals surface area contributed by atoms with Crippen molar-refractivity contribution < 1.29 is 0 Å². The predicted molar refractivity (Wildman–Crippen MR) is 267 cm³/mol. The van der Waals surface area contributed by atoms with Gasteiger partial charge in [-0.3, -0.25) is 0 Å². The molecule has 1 heterocycles. The van der Waals surface area contributed by atoms with Crippen molar-refractivity contribution in [3.05, 3.63) is 247 Å². The van der Waals surface area contributed by atoms with Gasteiger partial charge in [-0.1, -0.05) is 212 Å². The minimum atomic E-state index is -0.692. The summed E-state index contributed by atoms with van der Waals surface area (Å²) >= 11 is 0. The number of aromatic nitrogens is 3. The highest BCUT2D eigenvalue weighted by Gasteiger charge is 2.50. The second-order valence-electron chi connectivity index (χ2n) is 17.4. The number of hydrogen-bond donors (Lipinski definition) is 0. The predicted octanol–water partition coefficient (Wildman–Crippen LogP) is 15.4. The summed E-state index contributed by atoms with van der Waals surface area (Å²) in [5, 5.41) is 7.73. The van der Waals surface area contributed by atoms with E-state index in [1.165, 1.54) is 93.5 Å². The van der Waals surface area contributed by atoms with Crippen LogP contribution in [0.4, 0.5) is 0 Å². The molecule has 1 atom stereocenters. The molecule has 0 fully saturated rings. The molecule has 0 saturated heterocycles. The first-order valence-corrected chi connectivity index (χ1v) is 22.3. The van der Waals surface area contributed by atoms with Gasteiger partial charge in [0.1, 0.15) is 0 Å². The molecule has 12 aromatic rings. The molecule has 0 amide bonds. The maximum atomic E-state index is 5.34. The van der Waals surface area contributed by atoms with Crippen molar-refractivity contribution in [2.24, 2.45) is 0 Å². The third-order valence-electron chi connectivity index (χ3n) is 14.1. The number of nitrogens with zero attached hydrogens (tertiary/aromatic N) is 3. The lowest BCUT2D eigenvalue weighted by Gasteiger charge is -2.36. The highest BCUT2D eigenvalue weighted by molar-refractivity contribution is 6.27. The van der Waals surface area contributed by atoms with Crippen LogP contribution in [0.15, 0.2) is 224 Å². The van der Waals surface area contributed by atoms with Gasteiger partial charge in [-0.15, -0.1) is 0 Å². The van der Waals surface area contributed by atoms with Crippen LogP contribution in [0.1, 0.15) is 22.3 Å². The van der Waals surface area contributed by atoms with Crippen LogP contribution in [0.2, 0.25) is 0 Å². The lowest BCUT2D eigenvalue weighted by atomic mass is 9.65. The van der Waals surface area contributed by atoms with Gasteiger partial charge in [0.25, 0.3) is 0 Å². The largest absolute Gasteiger partial charge is 0.208 e. The molecule has 14 rings (SSSR count). The molecule has 1 aromatic heterocycles. The summed E-state index contributed by atoms with van der Waals surface area (Å²) in [5.74, 6) is 1.90. The molecule has 65 heavy (non-hydrogen) atoms. The van der Waals surface area contributed by atoms with Crippen LogP contribution >= 0.6 is 0 Å². The van der Waals surface area contributed by atoms with Gasteiger partial charge in [0.15, 0.2) is 17.5 Å². The summed E-state index contributed by atoms with van der Waals surface area (Å²) in [6.07, 6.45) is 0. The summed E-state index contributed by atoms with van der Waals surface area (Å²) in [7, 11) is 0. The Bertz CT molecular complexity index is 3860. The standard InChI is InChI=1S/C62H37N3/c1-3-14-38(15-4-1)39-26-29-43(30-27-39)60-63-59(42-16-5-2-6-17-42)64-61(65-60)45-33-34-49-47-21-8-7-20-46(47)48-22-9-11-24-52(48)62(54(49)37-45)53-25-12-10-23-50(53)58-51-35-32-41-19-13-18-40-28-31-44(36-55(58)62)57(51)56(40)41/h1-37H. The monoisotopic (exact) mass is 823 g/mol. The maximum Gasteiger partial charge on any atom is 0.164 e. The van der Waals surface area contributed by atoms with Gasteiger partial charge in [-0.25, -0.2) is 15.0 Å². The second-order valence-corrected chi connectivity index (χ2v) is 17.4. The Labute approximate surface area is 376 Å². The molecular formula is C62H37N3. The average Bonchev–Trinajstić information content (AvgIpc) is 3.63. The Morgan fingerprint density at radius 2 is 0.738 bits per heavy atom. The first-order chi connectivity index (χ1) is 32.2. The van der Waals surface area contributed by atoms with E-state index in [2.05, 4.69) is 200 Å². The van der Waals surface area contributed by atoms with Crippen molar-refractivity contribution in [3.63, 3.8) is 0 Å². The Morgan fingerprint density at radius 1 is 0.262 bits per heavy atom. The molecule has 300 valence electrons. The Morgan fingerprint density at radius 3 is 1.43 bits per heavy atom. The molecule has 2 aliphatic carbocycles. The molecule has 0 bridgehead atoms. The summed E-state index contributed by atoms with van der Waals surface area (Å²) in [4.78, 5) is 15.8. The molecule has 0 radical (unpaired) electrons. The first-order valence-electron chi connectivity index (χ1n) is 22.3. The van der Waals surface area contributed by atoms with Crippen LogP contribution in [-0.4, -0.2) is 15.0 Å². The van der Waals surface area contributed by atoms with E-state index >= 15 is 0 Å². The molecule has 11 aromatic carbocycles. The highest BCUT2D eigenvalue weighted by atomic mass is 15.0. The van der Waals surface area contributed by atoms with Crippen LogP contribution < -0.4 is 0 Å². The van der Waals surface area contributed by atoms with Gasteiger partial charge in [0.05, 0.1) is 5.41 Å². The molecule has 0 aliphatic heterocycles. The van der Waals surface area contributed by atoms with Gasteiger partial charge in [0.2, 0.25) is 0 Å². The molecule has 0 saturated carbocycles. The zero-order valence-corrected chi connectivity index (χ0v) is 35.2. The smallest absolute Gasteiger partial charge is 0.164 e. The van der Waals surface area contributed by atoms with E-state index in [1.54, 1.807) is 0 Å². The van der Waals surface area contributed by atoms with Crippen molar-refractivity contribution in [2.45, 2.75) is 5.41 Å². The van der Waals surface area contributed by atoms with E-state index in [0.29, 0.717) is 17.5 Å². The minimum absolute atomic E-state index is 0.631. The van der Waals surface area contributed by atoms with Crippen LogP contribution in [0.25, 0.3) is 111 Å². The molecule has 1 unspecified atom stereocenters. The SMILES string of the molecule is c1ccc(-c2ccc(-c3nc(-c4ccccc4)nc(-c4ccc5c(c4)C4(c6ccccc6-c6ccccc6-5)c5ccccc5-c5c4cc4ccc6cccc7ccc5c4c67)n3)cc2)cc1. The third-order valence-corrected chi connectivity index (χ3v) is 14.1. The van der Waals surface area contributed by atoms with Crippen molar-refractivity contribution in [1.29, 1.82) is 0 Å². The summed E-state index contributed by atoms with van der Waals surface area (Å²) in [5.41, 5.74) is 16.9. The molecule has 1 spiro atoms. The molecular weight excluding hydrogens is 787 g/mol. The maximum absolute atomic E-state index is 5.34. The summed E-state index contributed by atoms with van der Waals surface area (Å²) < 4.78 is 0.